The Bertz CT molecular complexity index is 907. The van der Waals surface area contributed by atoms with Gasteiger partial charge in [-0.05, 0) is 32.1 Å². The highest BCUT2D eigenvalue weighted by molar-refractivity contribution is 7.45. The Kier molecular flexibility index (Phi) is 35.0. The van der Waals surface area contributed by atoms with Gasteiger partial charge in [0.15, 0.2) is 0 Å². The first-order valence-corrected chi connectivity index (χ1v) is 23.2. The molecule has 308 valence electrons. The van der Waals surface area contributed by atoms with Crippen LogP contribution in [0.3, 0.4) is 0 Å². The number of nitrogens with zero attached hydrogens (tertiary/aromatic N) is 1. The summed E-state index contributed by atoms with van der Waals surface area (Å²) in [7, 11) is 1.24. The lowest BCUT2D eigenvalue weighted by atomic mass is 10.0. The Hall–Kier alpha value is -1.02. The molecule has 2 N–H and O–H groups in total. The first-order chi connectivity index (χ1) is 25.0. The van der Waals surface area contributed by atoms with Gasteiger partial charge in [-0.2, -0.15) is 0 Å². The molecule has 0 heterocycles. The number of unbranched alkanes of at least 4 members (excludes halogenated alkanes) is 24. The summed E-state index contributed by atoms with van der Waals surface area (Å²) in [5, 5.41) is 13.4. The van der Waals surface area contributed by atoms with Crippen LogP contribution in [0.25, 0.3) is 0 Å². The van der Waals surface area contributed by atoms with E-state index in [9.17, 15) is 19.4 Å². The molecular formula is C43H85N2O6P. The minimum atomic E-state index is -4.56. The van der Waals surface area contributed by atoms with E-state index in [0.29, 0.717) is 17.4 Å². The number of allylic oxidation sites excluding steroid dienone is 3. The maximum absolute atomic E-state index is 12.2. The molecule has 52 heavy (non-hydrogen) atoms. The fourth-order valence-corrected chi connectivity index (χ4v) is 6.94. The fraction of sp³-hybridized carbons (Fsp3) is 0.884. The number of likely N-dealkylation sites (N-methyl/N-ethyl adjacent to an activating group) is 1. The number of amides is 1. The minimum absolute atomic E-state index is 0.00718. The van der Waals surface area contributed by atoms with E-state index in [1.165, 1.54) is 148 Å². The van der Waals surface area contributed by atoms with Crippen LogP contribution in [0.2, 0.25) is 0 Å². The van der Waals surface area contributed by atoms with Crippen molar-refractivity contribution in [2.75, 3.05) is 40.9 Å². The van der Waals surface area contributed by atoms with Gasteiger partial charge in [0.1, 0.15) is 13.2 Å². The number of phosphoric ester groups is 1. The fourth-order valence-electron chi connectivity index (χ4n) is 6.21. The minimum Gasteiger partial charge on any atom is -0.756 e. The van der Waals surface area contributed by atoms with E-state index in [1.807, 2.05) is 34.1 Å². The highest BCUT2D eigenvalue weighted by Crippen LogP contribution is 2.38. The highest BCUT2D eigenvalue weighted by Gasteiger charge is 2.23. The molecule has 0 radical (unpaired) electrons. The van der Waals surface area contributed by atoms with Gasteiger partial charge in [0.25, 0.3) is 7.82 Å². The molecule has 3 unspecified atom stereocenters. The SMILES string of the molecule is CCCCCCCCCCCCCCCCCCCCCCCCC/C=C/CC/C=C/C(O)C(COP(=O)([O-])OCC[N+](C)(C)C)NC(=O)CCC. The molecule has 0 aromatic rings. The Balaban J connectivity index is 3.81. The first-order valence-electron chi connectivity index (χ1n) is 21.7. The monoisotopic (exact) mass is 757 g/mol. The van der Waals surface area contributed by atoms with Gasteiger partial charge >= 0.3 is 0 Å². The lowest BCUT2D eigenvalue weighted by Crippen LogP contribution is -2.45. The topological polar surface area (TPSA) is 108 Å². The number of carbonyl (C=O) groups excluding carboxylic acids is 1. The molecule has 0 aliphatic heterocycles. The van der Waals surface area contributed by atoms with Gasteiger partial charge in [-0.25, -0.2) is 0 Å². The molecule has 8 nitrogen and oxygen atoms in total. The van der Waals surface area contributed by atoms with Crippen LogP contribution in [-0.2, 0) is 18.4 Å². The predicted molar refractivity (Wildman–Crippen MR) is 219 cm³/mol. The third kappa shape index (κ3) is 37.3. The molecule has 0 fully saturated rings. The molecule has 0 saturated heterocycles. The summed E-state index contributed by atoms with van der Waals surface area (Å²) in [6.45, 7) is 4.26. The first kappa shape index (κ1) is 51.0. The van der Waals surface area contributed by atoms with Crippen molar-refractivity contribution >= 4 is 13.7 Å². The normalized spacial score (nSPS) is 14.7. The van der Waals surface area contributed by atoms with Crippen LogP contribution in [0.5, 0.6) is 0 Å². The second kappa shape index (κ2) is 35.7. The van der Waals surface area contributed by atoms with E-state index < -0.39 is 26.6 Å². The zero-order valence-corrected chi connectivity index (χ0v) is 35.7. The molecule has 0 rings (SSSR count). The summed E-state index contributed by atoms with van der Waals surface area (Å²) in [5.74, 6) is -0.260. The van der Waals surface area contributed by atoms with Crippen molar-refractivity contribution in [2.45, 2.75) is 206 Å². The van der Waals surface area contributed by atoms with Gasteiger partial charge in [0.2, 0.25) is 5.91 Å². The van der Waals surface area contributed by atoms with Crippen molar-refractivity contribution in [3.8, 4) is 0 Å². The van der Waals surface area contributed by atoms with E-state index >= 15 is 0 Å². The molecule has 0 aromatic heterocycles. The number of nitrogens with one attached hydrogen (secondary N) is 1. The average Bonchev–Trinajstić information content (AvgIpc) is 3.08. The summed E-state index contributed by atoms with van der Waals surface area (Å²) in [6.07, 6.45) is 42.8. The second-order valence-electron chi connectivity index (χ2n) is 16.0. The van der Waals surface area contributed by atoms with Crippen molar-refractivity contribution in [3.05, 3.63) is 24.3 Å². The zero-order valence-electron chi connectivity index (χ0n) is 34.8. The van der Waals surface area contributed by atoms with E-state index in [-0.39, 0.29) is 18.9 Å². The number of quaternary nitrogens is 1. The van der Waals surface area contributed by atoms with Crippen molar-refractivity contribution < 1.29 is 32.9 Å². The maximum Gasteiger partial charge on any atom is 0.268 e. The largest absolute Gasteiger partial charge is 0.756 e. The van der Waals surface area contributed by atoms with Crippen LogP contribution in [0, 0.1) is 0 Å². The van der Waals surface area contributed by atoms with Gasteiger partial charge in [-0.15, -0.1) is 0 Å². The highest BCUT2D eigenvalue weighted by atomic mass is 31.2. The number of aliphatic hydroxyl groups excluding tert-OH is 1. The number of hydrogen-bond donors (Lipinski definition) is 2. The molecule has 0 saturated carbocycles. The summed E-state index contributed by atoms with van der Waals surface area (Å²) < 4.78 is 22.7. The van der Waals surface area contributed by atoms with Crippen LogP contribution >= 0.6 is 7.82 Å². The van der Waals surface area contributed by atoms with Crippen LogP contribution < -0.4 is 10.2 Å². The summed E-state index contributed by atoms with van der Waals surface area (Å²) in [5.41, 5.74) is 0. The van der Waals surface area contributed by atoms with Crippen LogP contribution in [0.4, 0.5) is 0 Å². The van der Waals surface area contributed by atoms with Gasteiger partial charge < -0.3 is 28.8 Å². The van der Waals surface area contributed by atoms with Crippen LogP contribution in [0.15, 0.2) is 24.3 Å². The molecule has 0 aliphatic carbocycles. The quantitative estimate of drug-likeness (QED) is 0.0280. The third-order valence-electron chi connectivity index (χ3n) is 9.63. The smallest absolute Gasteiger partial charge is 0.268 e. The molecule has 9 heteroatoms. The Labute approximate surface area is 322 Å². The molecule has 3 atom stereocenters. The van der Waals surface area contributed by atoms with Gasteiger partial charge in [0, 0.05) is 6.42 Å². The number of aliphatic hydroxyl groups is 1. The van der Waals surface area contributed by atoms with E-state index in [2.05, 4.69) is 24.4 Å². The molecule has 0 aliphatic rings. The third-order valence-corrected chi connectivity index (χ3v) is 10.6. The van der Waals surface area contributed by atoms with Gasteiger partial charge in [-0.3, -0.25) is 9.36 Å². The standard InChI is InChI=1S/C43H85N2O6P/c1-6-8-9-10-11-12-13-14-15-16-17-18-19-20-21-22-23-24-25-26-27-28-29-30-31-32-33-34-35-37-42(46)41(44-43(47)36-7-2)40-51-52(48,49)50-39-38-45(3,4)5/h31-32,35,37,41-42,46H,6-30,33-34,36,38-40H2,1-5H3,(H-,44,47,48,49)/b32-31+,37-35+. The number of carbonyl (C=O) groups is 1. The molecule has 0 aromatic carbocycles. The van der Waals surface area contributed by atoms with Crippen molar-refractivity contribution in [2.24, 2.45) is 0 Å². The zero-order chi connectivity index (χ0) is 38.6. The number of phosphoric acid groups is 1. The summed E-state index contributed by atoms with van der Waals surface area (Å²) in [6, 6.07) is -0.895. The van der Waals surface area contributed by atoms with Crippen molar-refractivity contribution in [1.82, 2.24) is 5.32 Å². The lowest BCUT2D eigenvalue weighted by molar-refractivity contribution is -0.870. The van der Waals surface area contributed by atoms with E-state index in [0.717, 1.165) is 19.3 Å². The molecule has 0 spiro atoms. The number of rotatable bonds is 39. The molecule has 0 bridgehead atoms. The lowest BCUT2D eigenvalue weighted by Gasteiger charge is -2.29. The predicted octanol–water partition coefficient (Wildman–Crippen LogP) is 11.1. The van der Waals surface area contributed by atoms with Crippen LogP contribution in [0.1, 0.15) is 194 Å². The summed E-state index contributed by atoms with van der Waals surface area (Å²) >= 11 is 0. The number of hydrogen-bond acceptors (Lipinski definition) is 6. The Morgan fingerprint density at radius 2 is 1.08 bits per heavy atom. The van der Waals surface area contributed by atoms with Crippen molar-refractivity contribution in [1.29, 1.82) is 0 Å². The average molecular weight is 757 g/mol. The van der Waals surface area contributed by atoms with E-state index in [1.54, 1.807) is 6.08 Å². The maximum atomic E-state index is 12.2. The Morgan fingerprint density at radius 1 is 0.654 bits per heavy atom. The van der Waals surface area contributed by atoms with E-state index in [4.69, 9.17) is 9.05 Å². The Morgan fingerprint density at radius 3 is 1.52 bits per heavy atom. The summed E-state index contributed by atoms with van der Waals surface area (Å²) in [4.78, 5) is 24.4. The van der Waals surface area contributed by atoms with Crippen LogP contribution in [-0.4, -0.2) is 68.5 Å². The second-order valence-corrected chi connectivity index (χ2v) is 17.5. The molecule has 1 amide bonds. The van der Waals surface area contributed by atoms with Gasteiger partial charge in [0.05, 0.1) is 39.9 Å². The van der Waals surface area contributed by atoms with Gasteiger partial charge in [-0.1, -0.05) is 179 Å². The van der Waals surface area contributed by atoms with Crippen molar-refractivity contribution in [3.63, 3.8) is 0 Å². The molecular weight excluding hydrogens is 671 g/mol.